The lowest BCUT2D eigenvalue weighted by Crippen LogP contribution is -2.31. The third kappa shape index (κ3) is 7.72. The van der Waals surface area contributed by atoms with Gasteiger partial charge in [-0.15, -0.1) is 24.0 Å². The lowest BCUT2D eigenvalue weighted by Gasteiger charge is -2.12. The van der Waals surface area contributed by atoms with Crippen molar-refractivity contribution in [3.8, 4) is 11.5 Å². The molecule has 0 fully saturated rings. The molecule has 3 rings (SSSR count). The molecule has 32 heavy (non-hydrogen) atoms. The Morgan fingerprint density at radius 3 is 2.22 bits per heavy atom. The number of halogens is 1. The molecule has 0 aliphatic heterocycles. The number of aliphatic imine (C=N–C) groups is 1. The SMILES string of the molecule is COc1ccc(CN=C(N)NCc2ccccc2COCc2ccccc2)cc1OC.I. The Hall–Kier alpha value is -2.78. The van der Waals surface area contributed by atoms with Gasteiger partial charge >= 0.3 is 0 Å². The van der Waals surface area contributed by atoms with Gasteiger partial charge in [0.15, 0.2) is 17.5 Å². The first-order valence-corrected chi connectivity index (χ1v) is 10.1. The van der Waals surface area contributed by atoms with Crippen LogP contribution in [0.4, 0.5) is 0 Å². The van der Waals surface area contributed by atoms with Crippen LogP contribution in [0.3, 0.4) is 0 Å². The van der Waals surface area contributed by atoms with Crippen molar-refractivity contribution in [2.75, 3.05) is 14.2 Å². The van der Waals surface area contributed by atoms with E-state index < -0.39 is 0 Å². The van der Waals surface area contributed by atoms with Crippen LogP contribution in [0.15, 0.2) is 77.8 Å². The third-order valence-corrected chi connectivity index (χ3v) is 4.83. The number of nitrogens with zero attached hydrogens (tertiary/aromatic N) is 1. The average molecular weight is 547 g/mol. The Morgan fingerprint density at radius 2 is 1.50 bits per heavy atom. The van der Waals surface area contributed by atoms with E-state index in [1.54, 1.807) is 14.2 Å². The van der Waals surface area contributed by atoms with Crippen LogP contribution in [-0.4, -0.2) is 20.2 Å². The molecular weight excluding hydrogens is 517 g/mol. The van der Waals surface area contributed by atoms with Crippen LogP contribution in [-0.2, 0) is 31.0 Å². The van der Waals surface area contributed by atoms with Gasteiger partial charge in [0.25, 0.3) is 0 Å². The number of nitrogens with one attached hydrogen (secondary N) is 1. The van der Waals surface area contributed by atoms with Gasteiger partial charge < -0.3 is 25.3 Å². The largest absolute Gasteiger partial charge is 0.493 e. The molecule has 0 amide bonds. The zero-order chi connectivity index (χ0) is 21.9. The van der Waals surface area contributed by atoms with Crippen molar-refractivity contribution in [2.45, 2.75) is 26.3 Å². The Kier molecular flexibility index (Phi) is 10.8. The van der Waals surface area contributed by atoms with Crippen molar-refractivity contribution in [1.82, 2.24) is 5.32 Å². The molecule has 0 radical (unpaired) electrons. The summed E-state index contributed by atoms with van der Waals surface area (Å²) in [6.45, 7) is 2.14. The predicted octanol–water partition coefficient (Wildman–Crippen LogP) is 4.64. The maximum Gasteiger partial charge on any atom is 0.189 e. The van der Waals surface area contributed by atoms with Crippen LogP contribution in [0.5, 0.6) is 11.5 Å². The first-order chi connectivity index (χ1) is 15.2. The lowest BCUT2D eigenvalue weighted by atomic mass is 10.1. The molecule has 0 bridgehead atoms. The van der Waals surface area contributed by atoms with E-state index >= 15 is 0 Å². The van der Waals surface area contributed by atoms with Crippen LogP contribution in [0.25, 0.3) is 0 Å². The maximum atomic E-state index is 6.07. The zero-order valence-electron chi connectivity index (χ0n) is 18.4. The minimum Gasteiger partial charge on any atom is -0.493 e. The average Bonchev–Trinajstić information content (AvgIpc) is 2.82. The molecule has 6 nitrogen and oxygen atoms in total. The first-order valence-electron chi connectivity index (χ1n) is 10.1. The molecule has 3 aromatic carbocycles. The summed E-state index contributed by atoms with van der Waals surface area (Å²) >= 11 is 0. The number of hydrogen-bond acceptors (Lipinski definition) is 4. The molecule has 0 saturated carbocycles. The van der Waals surface area contributed by atoms with Crippen LogP contribution >= 0.6 is 24.0 Å². The number of nitrogens with two attached hydrogens (primary N) is 1. The minimum absolute atomic E-state index is 0. The van der Waals surface area contributed by atoms with Crippen molar-refractivity contribution in [1.29, 1.82) is 0 Å². The fourth-order valence-electron chi connectivity index (χ4n) is 3.12. The summed E-state index contributed by atoms with van der Waals surface area (Å²) in [4.78, 5) is 4.43. The van der Waals surface area contributed by atoms with Crippen molar-refractivity contribution in [2.24, 2.45) is 10.7 Å². The van der Waals surface area contributed by atoms with Gasteiger partial charge in [-0.25, -0.2) is 4.99 Å². The van der Waals surface area contributed by atoms with E-state index in [1.165, 1.54) is 0 Å². The Bertz CT molecular complexity index is 997. The van der Waals surface area contributed by atoms with E-state index in [4.69, 9.17) is 19.9 Å². The predicted molar refractivity (Wildman–Crippen MR) is 139 cm³/mol. The normalized spacial score (nSPS) is 10.9. The number of ether oxygens (including phenoxy) is 3. The van der Waals surface area contributed by atoms with Crippen LogP contribution < -0.4 is 20.5 Å². The second-order valence-electron chi connectivity index (χ2n) is 6.99. The molecule has 7 heteroatoms. The Morgan fingerprint density at radius 1 is 0.812 bits per heavy atom. The van der Waals surface area contributed by atoms with E-state index in [9.17, 15) is 0 Å². The number of hydrogen-bond donors (Lipinski definition) is 2. The van der Waals surface area contributed by atoms with Gasteiger partial charge in [0.1, 0.15) is 0 Å². The Labute approximate surface area is 206 Å². The van der Waals surface area contributed by atoms with E-state index in [0.29, 0.717) is 43.8 Å². The van der Waals surface area contributed by atoms with Gasteiger partial charge in [-0.05, 0) is 34.4 Å². The van der Waals surface area contributed by atoms with Gasteiger partial charge in [-0.3, -0.25) is 0 Å². The summed E-state index contributed by atoms with van der Waals surface area (Å²) in [6, 6.07) is 24.0. The highest BCUT2D eigenvalue weighted by Gasteiger charge is 2.05. The van der Waals surface area contributed by atoms with E-state index in [-0.39, 0.29) is 24.0 Å². The third-order valence-electron chi connectivity index (χ3n) is 4.83. The molecule has 0 spiro atoms. The first kappa shape index (κ1) is 25.5. The van der Waals surface area contributed by atoms with Crippen molar-refractivity contribution >= 4 is 29.9 Å². The van der Waals surface area contributed by atoms with E-state index in [1.807, 2.05) is 48.5 Å². The number of benzene rings is 3. The quantitative estimate of drug-likeness (QED) is 0.220. The Balaban J connectivity index is 0.00000363. The fraction of sp³-hybridized carbons (Fsp3) is 0.240. The summed E-state index contributed by atoms with van der Waals surface area (Å²) in [7, 11) is 3.23. The molecular formula is C25H30IN3O3. The molecule has 0 atom stereocenters. The molecule has 0 aromatic heterocycles. The molecule has 0 aliphatic carbocycles. The summed E-state index contributed by atoms with van der Waals surface area (Å²) < 4.78 is 16.5. The highest BCUT2D eigenvalue weighted by molar-refractivity contribution is 14.0. The van der Waals surface area contributed by atoms with Gasteiger partial charge in [0.05, 0.1) is 34.0 Å². The topological polar surface area (TPSA) is 78.1 Å². The van der Waals surface area contributed by atoms with Gasteiger partial charge in [-0.1, -0.05) is 60.7 Å². The van der Waals surface area contributed by atoms with Crippen LogP contribution in [0.1, 0.15) is 22.3 Å². The van der Waals surface area contributed by atoms with Crippen molar-refractivity contribution in [3.05, 3.63) is 95.1 Å². The van der Waals surface area contributed by atoms with E-state index in [2.05, 4.69) is 34.6 Å². The maximum absolute atomic E-state index is 6.07. The van der Waals surface area contributed by atoms with Crippen LogP contribution in [0, 0.1) is 0 Å². The molecule has 0 saturated heterocycles. The van der Waals surface area contributed by atoms with Crippen molar-refractivity contribution < 1.29 is 14.2 Å². The molecule has 0 unspecified atom stereocenters. The highest BCUT2D eigenvalue weighted by atomic mass is 127. The summed E-state index contributed by atoms with van der Waals surface area (Å²) in [5.74, 6) is 1.74. The smallest absolute Gasteiger partial charge is 0.189 e. The second-order valence-corrected chi connectivity index (χ2v) is 6.99. The molecule has 170 valence electrons. The number of methoxy groups -OCH3 is 2. The molecule has 0 aliphatic rings. The standard InChI is InChI=1S/C25H29N3O3.HI/c1-29-23-13-12-20(14-24(23)30-2)15-27-25(26)28-16-21-10-6-7-11-22(21)18-31-17-19-8-4-3-5-9-19;/h3-14H,15-18H2,1-2H3,(H3,26,27,28);1H. The zero-order valence-corrected chi connectivity index (χ0v) is 20.7. The summed E-state index contributed by atoms with van der Waals surface area (Å²) in [5.41, 5.74) is 10.5. The van der Waals surface area contributed by atoms with Gasteiger partial charge in [-0.2, -0.15) is 0 Å². The lowest BCUT2D eigenvalue weighted by molar-refractivity contribution is 0.106. The molecule has 0 heterocycles. The van der Waals surface area contributed by atoms with Gasteiger partial charge in [0.2, 0.25) is 0 Å². The highest BCUT2D eigenvalue weighted by Crippen LogP contribution is 2.27. The van der Waals surface area contributed by atoms with Gasteiger partial charge in [0, 0.05) is 6.54 Å². The van der Waals surface area contributed by atoms with Crippen LogP contribution in [0.2, 0.25) is 0 Å². The molecule has 3 aromatic rings. The molecule has 3 N–H and O–H groups in total. The summed E-state index contributed by atoms with van der Waals surface area (Å²) in [6.07, 6.45) is 0. The summed E-state index contributed by atoms with van der Waals surface area (Å²) in [5, 5.41) is 3.19. The number of guanidine groups is 1. The van der Waals surface area contributed by atoms with E-state index in [0.717, 1.165) is 22.3 Å². The number of rotatable bonds is 10. The van der Waals surface area contributed by atoms with Crippen molar-refractivity contribution in [3.63, 3.8) is 0 Å². The monoisotopic (exact) mass is 547 g/mol. The minimum atomic E-state index is 0. The fourth-order valence-corrected chi connectivity index (χ4v) is 3.12. The second kappa shape index (κ2) is 13.6.